The van der Waals surface area contributed by atoms with Gasteiger partial charge in [0, 0.05) is 32.5 Å². The second-order valence-electron chi connectivity index (χ2n) is 8.77. The molecule has 0 saturated carbocycles. The maximum absolute atomic E-state index is 12.8. The largest absolute Gasteiger partial charge is 0.444 e. The number of amides is 2. The predicted octanol–water partition coefficient (Wildman–Crippen LogP) is 3.62. The number of carbonyl (C=O) groups is 2. The molecule has 2 amide bonds. The average molecular weight is 451 g/mol. The van der Waals surface area contributed by atoms with E-state index in [4.69, 9.17) is 4.74 Å². The van der Waals surface area contributed by atoms with E-state index in [1.54, 1.807) is 36.4 Å². The maximum atomic E-state index is 12.8. The van der Waals surface area contributed by atoms with Gasteiger partial charge in [-0.2, -0.15) is 5.10 Å². The third-order valence-electron chi connectivity index (χ3n) is 4.67. The van der Waals surface area contributed by atoms with Crippen molar-refractivity contribution in [2.24, 2.45) is 0 Å². The van der Waals surface area contributed by atoms with Gasteiger partial charge in [-0.1, -0.05) is 6.07 Å². The van der Waals surface area contributed by atoms with E-state index in [1.807, 2.05) is 52.0 Å². The van der Waals surface area contributed by atoms with Crippen LogP contribution in [-0.4, -0.2) is 62.4 Å². The van der Waals surface area contributed by atoms with Crippen molar-refractivity contribution in [3.63, 3.8) is 0 Å². The van der Waals surface area contributed by atoms with Gasteiger partial charge in [-0.05, 0) is 63.9 Å². The van der Waals surface area contributed by atoms with Gasteiger partial charge in [0.2, 0.25) is 0 Å². The first-order chi connectivity index (χ1) is 15.6. The van der Waals surface area contributed by atoms with Crippen LogP contribution in [-0.2, 0) is 4.74 Å². The average Bonchev–Trinajstić information content (AvgIpc) is 3.22. The van der Waals surface area contributed by atoms with Crippen molar-refractivity contribution in [3.8, 4) is 17.1 Å². The monoisotopic (exact) mass is 450 g/mol. The number of aryl methyl sites for hydroxylation is 1. The molecule has 3 rings (SSSR count). The number of hydrogen-bond donors (Lipinski definition) is 1. The molecule has 0 spiro atoms. The Bertz CT molecular complexity index is 1090. The minimum atomic E-state index is -0.545. The molecule has 9 heteroatoms. The molecule has 33 heavy (non-hydrogen) atoms. The Labute approximate surface area is 193 Å². The molecule has 0 fully saturated rings. The fourth-order valence-corrected chi connectivity index (χ4v) is 3.01. The first kappa shape index (κ1) is 23.9. The van der Waals surface area contributed by atoms with Crippen molar-refractivity contribution in [3.05, 3.63) is 60.2 Å². The Morgan fingerprint density at radius 2 is 1.97 bits per heavy atom. The highest BCUT2D eigenvalue weighted by molar-refractivity contribution is 5.93. The van der Waals surface area contributed by atoms with E-state index >= 15 is 0 Å². The molecular weight excluding hydrogens is 420 g/mol. The molecule has 0 unspecified atom stereocenters. The lowest BCUT2D eigenvalue weighted by molar-refractivity contribution is 0.0297. The number of pyridine rings is 2. The van der Waals surface area contributed by atoms with Crippen molar-refractivity contribution in [1.29, 1.82) is 0 Å². The van der Waals surface area contributed by atoms with Crippen LogP contribution in [0.3, 0.4) is 0 Å². The smallest absolute Gasteiger partial charge is 0.410 e. The van der Waals surface area contributed by atoms with Crippen LogP contribution in [0.1, 0.15) is 43.2 Å². The Morgan fingerprint density at radius 1 is 1.18 bits per heavy atom. The van der Waals surface area contributed by atoms with Crippen LogP contribution in [0.5, 0.6) is 0 Å². The van der Waals surface area contributed by atoms with Gasteiger partial charge in [0.1, 0.15) is 5.60 Å². The number of ether oxygens (including phenoxy) is 1. The van der Waals surface area contributed by atoms with Crippen molar-refractivity contribution >= 4 is 12.0 Å². The van der Waals surface area contributed by atoms with E-state index in [1.165, 1.54) is 4.90 Å². The summed E-state index contributed by atoms with van der Waals surface area (Å²) in [7, 11) is 1.67. The number of aromatic nitrogens is 4. The summed E-state index contributed by atoms with van der Waals surface area (Å²) in [5.41, 5.74) is 2.90. The summed E-state index contributed by atoms with van der Waals surface area (Å²) in [4.78, 5) is 34.9. The fraction of sp³-hybridized carbons (Fsp3) is 0.375. The Morgan fingerprint density at radius 3 is 2.61 bits per heavy atom. The molecule has 0 aromatic carbocycles. The van der Waals surface area contributed by atoms with Crippen molar-refractivity contribution in [1.82, 2.24) is 30.0 Å². The number of rotatable bonds is 7. The lowest BCUT2D eigenvalue weighted by Gasteiger charge is -2.24. The zero-order chi connectivity index (χ0) is 24.0. The molecule has 0 atom stereocenters. The van der Waals surface area contributed by atoms with Crippen molar-refractivity contribution < 1.29 is 14.3 Å². The molecule has 0 aliphatic heterocycles. The molecule has 0 aliphatic rings. The van der Waals surface area contributed by atoms with Crippen molar-refractivity contribution in [2.45, 2.75) is 39.7 Å². The molecule has 0 bridgehead atoms. The Kier molecular flexibility index (Phi) is 7.42. The molecule has 0 saturated heterocycles. The normalized spacial score (nSPS) is 11.2. The minimum absolute atomic E-state index is 0.275. The van der Waals surface area contributed by atoms with Gasteiger partial charge >= 0.3 is 6.09 Å². The highest BCUT2D eigenvalue weighted by atomic mass is 16.6. The van der Waals surface area contributed by atoms with E-state index in [0.29, 0.717) is 30.9 Å². The van der Waals surface area contributed by atoms with Crippen LogP contribution in [0.15, 0.2) is 48.9 Å². The van der Waals surface area contributed by atoms with Crippen LogP contribution in [0.25, 0.3) is 17.1 Å². The molecular formula is C24H30N6O3. The van der Waals surface area contributed by atoms with Gasteiger partial charge in [0.25, 0.3) is 5.91 Å². The summed E-state index contributed by atoms with van der Waals surface area (Å²) in [6.07, 6.45) is 5.32. The van der Waals surface area contributed by atoms with Crippen LogP contribution >= 0.6 is 0 Å². The Balaban J connectivity index is 1.67. The predicted molar refractivity (Wildman–Crippen MR) is 125 cm³/mol. The molecule has 9 nitrogen and oxygen atoms in total. The molecule has 0 radical (unpaired) electrons. The number of carbonyl (C=O) groups excluding carboxylic acids is 2. The molecule has 174 valence electrons. The van der Waals surface area contributed by atoms with Gasteiger partial charge in [-0.15, -0.1) is 0 Å². The fourth-order valence-electron chi connectivity index (χ4n) is 3.01. The second kappa shape index (κ2) is 10.2. The first-order valence-corrected chi connectivity index (χ1v) is 10.8. The van der Waals surface area contributed by atoms with Gasteiger partial charge < -0.3 is 15.0 Å². The summed E-state index contributed by atoms with van der Waals surface area (Å²) in [5.74, 6) is -0.300. The van der Waals surface area contributed by atoms with Gasteiger partial charge in [0.05, 0.1) is 23.3 Å². The maximum Gasteiger partial charge on any atom is 0.410 e. The number of hydrogen-bond acceptors (Lipinski definition) is 6. The summed E-state index contributed by atoms with van der Waals surface area (Å²) >= 11 is 0. The number of nitrogens with zero attached hydrogens (tertiary/aromatic N) is 5. The van der Waals surface area contributed by atoms with Gasteiger partial charge in [0.15, 0.2) is 5.69 Å². The lowest BCUT2D eigenvalue weighted by atomic mass is 10.2. The van der Waals surface area contributed by atoms with E-state index in [-0.39, 0.29) is 17.7 Å². The molecule has 1 N–H and O–H groups in total. The van der Waals surface area contributed by atoms with Crippen molar-refractivity contribution in [2.75, 3.05) is 20.1 Å². The van der Waals surface area contributed by atoms with Gasteiger partial charge in [-0.3, -0.25) is 14.8 Å². The highest BCUT2D eigenvalue weighted by Crippen LogP contribution is 2.22. The quantitative estimate of drug-likeness (QED) is 0.552. The standard InChI is InChI=1S/C24H30N6O3/c1-17-9-10-19(27-15-17)21-14-20(28-30(21)18-8-6-11-25-16-18)22(31)26-12-7-13-29(5)23(32)33-24(2,3)4/h6,8-11,14-16H,7,12-13H2,1-5H3,(H,26,31). The minimum Gasteiger partial charge on any atom is -0.444 e. The Hall–Kier alpha value is -3.75. The highest BCUT2D eigenvalue weighted by Gasteiger charge is 2.20. The summed E-state index contributed by atoms with van der Waals surface area (Å²) in [6.45, 7) is 8.29. The number of nitrogens with one attached hydrogen (secondary N) is 1. The molecule has 0 aliphatic carbocycles. The zero-order valence-electron chi connectivity index (χ0n) is 19.7. The second-order valence-corrected chi connectivity index (χ2v) is 8.77. The van der Waals surface area contributed by atoms with E-state index in [2.05, 4.69) is 20.4 Å². The zero-order valence-corrected chi connectivity index (χ0v) is 19.7. The third kappa shape index (κ3) is 6.61. The first-order valence-electron chi connectivity index (χ1n) is 10.8. The van der Waals surface area contributed by atoms with E-state index in [0.717, 1.165) is 11.3 Å². The summed E-state index contributed by atoms with van der Waals surface area (Å²) in [6, 6.07) is 9.25. The SMILES string of the molecule is Cc1ccc(-c2cc(C(=O)NCCCN(C)C(=O)OC(C)(C)C)nn2-c2cccnc2)nc1. The summed E-state index contributed by atoms with van der Waals surface area (Å²) in [5, 5.41) is 7.37. The summed E-state index contributed by atoms with van der Waals surface area (Å²) < 4.78 is 6.99. The van der Waals surface area contributed by atoms with Crippen LogP contribution < -0.4 is 5.32 Å². The topological polar surface area (TPSA) is 102 Å². The molecule has 3 aromatic heterocycles. The molecule has 3 heterocycles. The molecule has 3 aromatic rings. The lowest BCUT2D eigenvalue weighted by Crippen LogP contribution is -2.36. The third-order valence-corrected chi connectivity index (χ3v) is 4.67. The van der Waals surface area contributed by atoms with Gasteiger partial charge in [-0.25, -0.2) is 9.48 Å². The van der Waals surface area contributed by atoms with E-state index < -0.39 is 5.60 Å². The van der Waals surface area contributed by atoms with Crippen LogP contribution in [0.4, 0.5) is 4.79 Å². The van der Waals surface area contributed by atoms with Crippen LogP contribution in [0, 0.1) is 6.92 Å². The van der Waals surface area contributed by atoms with E-state index in [9.17, 15) is 9.59 Å². The van der Waals surface area contributed by atoms with Crippen LogP contribution in [0.2, 0.25) is 0 Å².